The molecule has 0 saturated heterocycles. The Labute approximate surface area is 139 Å². The van der Waals surface area contributed by atoms with Crippen LogP contribution in [0, 0.1) is 0 Å². The normalized spacial score (nSPS) is 11.0. The fraction of sp³-hybridized carbons (Fsp3) is 0.400. The summed E-state index contributed by atoms with van der Waals surface area (Å²) in [5.41, 5.74) is 1.05. The van der Waals surface area contributed by atoms with Crippen LogP contribution < -0.4 is 5.32 Å². The number of benzene rings is 1. The Morgan fingerprint density at radius 2 is 2.10 bits per heavy atom. The van der Waals surface area contributed by atoms with Gasteiger partial charge in [-0.05, 0) is 30.8 Å². The first-order chi connectivity index (χ1) is 10.2. The Hall–Kier alpha value is -0.590. The highest BCUT2D eigenvalue weighted by atomic mass is 35.5. The molecule has 0 amide bonds. The molecule has 2 rings (SSSR count). The Morgan fingerprint density at radius 1 is 1.33 bits per heavy atom. The monoisotopic (exact) mass is 342 g/mol. The Morgan fingerprint density at radius 3 is 2.76 bits per heavy atom. The van der Waals surface area contributed by atoms with Gasteiger partial charge in [-0.3, -0.25) is 0 Å². The second-order valence-corrected chi connectivity index (χ2v) is 7.09. The third kappa shape index (κ3) is 5.27. The lowest BCUT2D eigenvalue weighted by molar-refractivity contribution is 0.181. The van der Waals surface area contributed by atoms with E-state index in [-0.39, 0.29) is 0 Å². The van der Waals surface area contributed by atoms with Crippen molar-refractivity contribution in [1.82, 2.24) is 10.3 Å². The molecule has 0 fully saturated rings. The van der Waals surface area contributed by atoms with Crippen LogP contribution in [0.1, 0.15) is 22.5 Å². The van der Waals surface area contributed by atoms with Crippen LogP contribution in [0.15, 0.2) is 29.2 Å². The van der Waals surface area contributed by atoms with E-state index in [1.54, 1.807) is 30.2 Å². The number of thiazole rings is 1. The van der Waals surface area contributed by atoms with Gasteiger partial charge in [0.05, 0.1) is 18.1 Å². The maximum atomic E-state index is 5.90. The summed E-state index contributed by atoms with van der Waals surface area (Å²) in [6, 6.07) is 7.91. The van der Waals surface area contributed by atoms with E-state index in [1.807, 2.05) is 24.3 Å². The molecule has 114 valence electrons. The molecule has 0 aliphatic rings. The molecule has 0 bridgehead atoms. The highest BCUT2D eigenvalue weighted by Gasteiger charge is 2.11. The molecule has 1 heterocycles. The summed E-state index contributed by atoms with van der Waals surface area (Å²) >= 11 is 9.43. The van der Waals surface area contributed by atoms with E-state index in [1.165, 1.54) is 9.77 Å². The highest BCUT2D eigenvalue weighted by molar-refractivity contribution is 7.98. The van der Waals surface area contributed by atoms with Crippen LogP contribution in [0.5, 0.6) is 0 Å². The molecule has 3 nitrogen and oxygen atoms in total. The van der Waals surface area contributed by atoms with Crippen LogP contribution in [-0.4, -0.2) is 18.6 Å². The van der Waals surface area contributed by atoms with E-state index in [0.717, 1.165) is 34.6 Å². The third-order valence-corrected chi connectivity index (χ3v) is 5.37. The maximum Gasteiger partial charge on any atom is 0.104 e. The Balaban J connectivity index is 2.00. The minimum Gasteiger partial charge on any atom is -0.378 e. The van der Waals surface area contributed by atoms with E-state index >= 15 is 0 Å². The lowest BCUT2D eigenvalue weighted by Crippen LogP contribution is -2.12. The fourth-order valence-electron chi connectivity index (χ4n) is 1.80. The predicted octanol–water partition coefficient (Wildman–Crippen LogP) is 4.34. The lowest BCUT2D eigenvalue weighted by Gasteiger charge is -2.00. The first-order valence-corrected chi connectivity index (χ1v) is 8.96. The van der Waals surface area contributed by atoms with Gasteiger partial charge in [-0.2, -0.15) is 0 Å². The second-order valence-electron chi connectivity index (χ2n) is 4.43. The van der Waals surface area contributed by atoms with Gasteiger partial charge in [0.1, 0.15) is 5.01 Å². The number of hydrogen-bond donors (Lipinski definition) is 1. The van der Waals surface area contributed by atoms with Gasteiger partial charge in [0.2, 0.25) is 0 Å². The van der Waals surface area contributed by atoms with Crippen LogP contribution in [0.25, 0.3) is 0 Å². The largest absolute Gasteiger partial charge is 0.378 e. The number of thioether (sulfide) groups is 1. The fourth-order valence-corrected chi connectivity index (χ4v) is 3.86. The van der Waals surface area contributed by atoms with Crippen molar-refractivity contribution in [3.05, 3.63) is 44.9 Å². The Bertz CT molecular complexity index is 557. The van der Waals surface area contributed by atoms with Crippen LogP contribution in [0.2, 0.25) is 5.02 Å². The summed E-state index contributed by atoms with van der Waals surface area (Å²) in [7, 11) is 1.71. The van der Waals surface area contributed by atoms with Crippen molar-refractivity contribution in [2.75, 3.05) is 13.7 Å². The summed E-state index contributed by atoms with van der Waals surface area (Å²) in [6.07, 6.45) is 0. The van der Waals surface area contributed by atoms with Crippen molar-refractivity contribution in [2.24, 2.45) is 0 Å². The number of hydrogen-bond acceptors (Lipinski definition) is 5. The van der Waals surface area contributed by atoms with Gasteiger partial charge < -0.3 is 10.1 Å². The van der Waals surface area contributed by atoms with Gasteiger partial charge in [0, 0.05) is 28.4 Å². The molecule has 0 radical (unpaired) electrons. The van der Waals surface area contributed by atoms with Crippen molar-refractivity contribution in [3.8, 4) is 0 Å². The van der Waals surface area contributed by atoms with E-state index in [9.17, 15) is 0 Å². The number of methoxy groups -OCH3 is 1. The predicted molar refractivity (Wildman–Crippen MR) is 91.2 cm³/mol. The number of ether oxygens (including phenoxy) is 1. The van der Waals surface area contributed by atoms with E-state index in [2.05, 4.69) is 12.2 Å². The topological polar surface area (TPSA) is 34.2 Å². The summed E-state index contributed by atoms with van der Waals surface area (Å²) in [5, 5.41) is 5.25. The van der Waals surface area contributed by atoms with Crippen LogP contribution in [-0.2, 0) is 23.6 Å². The number of aromatic nitrogens is 1. The van der Waals surface area contributed by atoms with E-state index < -0.39 is 0 Å². The minimum atomic E-state index is 0.572. The molecule has 0 spiro atoms. The third-order valence-electron chi connectivity index (χ3n) is 2.82. The molecule has 0 aliphatic carbocycles. The summed E-state index contributed by atoms with van der Waals surface area (Å²) in [4.78, 5) is 7.17. The molecule has 0 saturated carbocycles. The van der Waals surface area contributed by atoms with Crippen molar-refractivity contribution in [1.29, 1.82) is 0 Å². The second kappa shape index (κ2) is 8.76. The summed E-state index contributed by atoms with van der Waals surface area (Å²) < 4.78 is 5.23. The first kappa shape index (κ1) is 16.8. The molecule has 1 aromatic heterocycles. The van der Waals surface area contributed by atoms with Gasteiger partial charge >= 0.3 is 0 Å². The molecule has 0 aliphatic heterocycles. The van der Waals surface area contributed by atoms with Crippen molar-refractivity contribution in [2.45, 2.75) is 30.7 Å². The van der Waals surface area contributed by atoms with Crippen LogP contribution in [0.3, 0.4) is 0 Å². The maximum absolute atomic E-state index is 5.90. The molecule has 2 aromatic rings. The van der Waals surface area contributed by atoms with Crippen molar-refractivity contribution < 1.29 is 4.74 Å². The number of nitrogens with one attached hydrogen (secondary N) is 1. The van der Waals surface area contributed by atoms with Gasteiger partial charge in [0.25, 0.3) is 0 Å². The van der Waals surface area contributed by atoms with Crippen LogP contribution in [0.4, 0.5) is 0 Å². The molecular formula is C15H19ClN2OS2. The van der Waals surface area contributed by atoms with Gasteiger partial charge in [-0.1, -0.05) is 18.5 Å². The molecular weight excluding hydrogens is 324 g/mol. The quantitative estimate of drug-likeness (QED) is 0.723. The molecule has 6 heteroatoms. The molecule has 0 atom stereocenters. The number of nitrogens with zero attached hydrogens (tertiary/aromatic N) is 1. The van der Waals surface area contributed by atoms with Gasteiger partial charge in [-0.25, -0.2) is 4.98 Å². The van der Waals surface area contributed by atoms with E-state index in [0.29, 0.717) is 6.61 Å². The molecule has 0 unspecified atom stereocenters. The van der Waals surface area contributed by atoms with Crippen molar-refractivity contribution >= 4 is 34.7 Å². The van der Waals surface area contributed by atoms with Gasteiger partial charge in [0.15, 0.2) is 0 Å². The molecule has 1 N–H and O–H groups in total. The average Bonchev–Trinajstić information content (AvgIpc) is 2.87. The zero-order valence-corrected chi connectivity index (χ0v) is 14.6. The number of rotatable bonds is 8. The summed E-state index contributed by atoms with van der Waals surface area (Å²) in [5.74, 6) is 0.870. The number of halogens is 1. The molecule has 1 aromatic carbocycles. The highest BCUT2D eigenvalue weighted by Crippen LogP contribution is 2.28. The van der Waals surface area contributed by atoms with Crippen LogP contribution >= 0.6 is 34.7 Å². The van der Waals surface area contributed by atoms with Gasteiger partial charge in [-0.15, -0.1) is 23.1 Å². The van der Waals surface area contributed by atoms with E-state index in [4.69, 9.17) is 21.3 Å². The average molecular weight is 343 g/mol. The Kier molecular flexibility index (Phi) is 6.99. The van der Waals surface area contributed by atoms with Crippen molar-refractivity contribution in [3.63, 3.8) is 0 Å². The zero-order valence-electron chi connectivity index (χ0n) is 12.2. The zero-order chi connectivity index (χ0) is 15.1. The summed E-state index contributed by atoms with van der Waals surface area (Å²) in [6.45, 7) is 4.49. The minimum absolute atomic E-state index is 0.572. The smallest absolute Gasteiger partial charge is 0.104 e. The lowest BCUT2D eigenvalue weighted by atomic mass is 10.3. The standard InChI is InChI=1S/C15H19ClN2OS2/c1-3-17-8-14-13(9-19-2)18-15(21-14)10-20-12-6-4-11(16)5-7-12/h4-7,17H,3,8-10H2,1-2H3. The first-order valence-electron chi connectivity index (χ1n) is 6.78. The SMILES string of the molecule is CCNCc1sc(CSc2ccc(Cl)cc2)nc1COC. The molecule has 21 heavy (non-hydrogen) atoms.